The Morgan fingerprint density at radius 2 is 2.25 bits per heavy atom. The predicted octanol–water partition coefficient (Wildman–Crippen LogP) is 1.96. The van der Waals surface area contributed by atoms with Gasteiger partial charge in [-0.05, 0) is 55.8 Å². The van der Waals surface area contributed by atoms with E-state index in [0.717, 1.165) is 45.6 Å². The molecular formula is C16H26N2O2. The Bertz CT molecular complexity index is 392. The number of pyridine rings is 1. The summed E-state index contributed by atoms with van der Waals surface area (Å²) in [6.45, 7) is 5.77. The SMILES string of the molecule is COC(CNCCc1ccncc1C)C1CCOCC1. The van der Waals surface area contributed by atoms with Gasteiger partial charge >= 0.3 is 0 Å². The first-order valence-electron chi connectivity index (χ1n) is 7.52. The first-order valence-corrected chi connectivity index (χ1v) is 7.52. The molecule has 0 aromatic carbocycles. The van der Waals surface area contributed by atoms with Crippen molar-refractivity contribution in [2.24, 2.45) is 5.92 Å². The molecule has 2 rings (SSSR count). The normalized spacial score (nSPS) is 18.1. The lowest BCUT2D eigenvalue weighted by Crippen LogP contribution is -2.38. The smallest absolute Gasteiger partial charge is 0.0725 e. The second-order valence-corrected chi connectivity index (χ2v) is 5.48. The van der Waals surface area contributed by atoms with Crippen LogP contribution < -0.4 is 5.32 Å². The van der Waals surface area contributed by atoms with E-state index < -0.39 is 0 Å². The molecule has 4 heteroatoms. The van der Waals surface area contributed by atoms with E-state index in [1.54, 1.807) is 0 Å². The van der Waals surface area contributed by atoms with Crippen LogP contribution in [0.4, 0.5) is 0 Å². The van der Waals surface area contributed by atoms with Crippen LogP contribution in [0.3, 0.4) is 0 Å². The minimum Gasteiger partial charge on any atom is -0.381 e. The summed E-state index contributed by atoms with van der Waals surface area (Å²) in [7, 11) is 1.81. The Morgan fingerprint density at radius 3 is 2.95 bits per heavy atom. The van der Waals surface area contributed by atoms with Gasteiger partial charge in [0.25, 0.3) is 0 Å². The van der Waals surface area contributed by atoms with Crippen molar-refractivity contribution in [3.05, 3.63) is 29.6 Å². The van der Waals surface area contributed by atoms with Crippen molar-refractivity contribution in [2.75, 3.05) is 33.4 Å². The lowest BCUT2D eigenvalue weighted by Gasteiger charge is -2.29. The summed E-state index contributed by atoms with van der Waals surface area (Å²) < 4.78 is 11.0. The Labute approximate surface area is 121 Å². The van der Waals surface area contributed by atoms with E-state index in [2.05, 4.69) is 23.3 Å². The van der Waals surface area contributed by atoms with Gasteiger partial charge < -0.3 is 14.8 Å². The van der Waals surface area contributed by atoms with E-state index in [9.17, 15) is 0 Å². The molecule has 2 heterocycles. The number of nitrogens with zero attached hydrogens (tertiary/aromatic N) is 1. The number of hydrogen-bond donors (Lipinski definition) is 1. The fourth-order valence-corrected chi connectivity index (χ4v) is 2.78. The van der Waals surface area contributed by atoms with Crippen LogP contribution in [0.5, 0.6) is 0 Å². The molecule has 1 aliphatic heterocycles. The number of methoxy groups -OCH3 is 1. The zero-order valence-corrected chi connectivity index (χ0v) is 12.6. The number of aromatic nitrogens is 1. The molecule has 1 N–H and O–H groups in total. The van der Waals surface area contributed by atoms with E-state index in [1.165, 1.54) is 11.1 Å². The summed E-state index contributed by atoms with van der Waals surface area (Å²) in [5, 5.41) is 3.52. The summed E-state index contributed by atoms with van der Waals surface area (Å²) in [4.78, 5) is 4.12. The van der Waals surface area contributed by atoms with Crippen LogP contribution in [0.1, 0.15) is 24.0 Å². The van der Waals surface area contributed by atoms with Crippen molar-refractivity contribution in [1.82, 2.24) is 10.3 Å². The third kappa shape index (κ3) is 4.54. The number of rotatable bonds is 7. The summed E-state index contributed by atoms with van der Waals surface area (Å²) in [5.74, 6) is 0.629. The molecule has 1 unspecified atom stereocenters. The fourth-order valence-electron chi connectivity index (χ4n) is 2.78. The summed E-state index contributed by atoms with van der Waals surface area (Å²) >= 11 is 0. The second kappa shape index (κ2) is 8.35. The molecule has 0 aliphatic carbocycles. The van der Waals surface area contributed by atoms with Crippen molar-refractivity contribution in [3.8, 4) is 0 Å². The molecule has 0 radical (unpaired) electrons. The average Bonchev–Trinajstić information content (AvgIpc) is 2.50. The number of aryl methyl sites for hydroxylation is 1. The van der Waals surface area contributed by atoms with Gasteiger partial charge in [0, 0.05) is 39.3 Å². The van der Waals surface area contributed by atoms with Gasteiger partial charge in [-0.15, -0.1) is 0 Å². The summed E-state index contributed by atoms with van der Waals surface area (Å²) in [5.41, 5.74) is 2.63. The van der Waals surface area contributed by atoms with Gasteiger partial charge in [0.15, 0.2) is 0 Å². The molecule has 4 nitrogen and oxygen atoms in total. The van der Waals surface area contributed by atoms with Crippen LogP contribution in [-0.2, 0) is 15.9 Å². The molecule has 20 heavy (non-hydrogen) atoms. The molecule has 1 fully saturated rings. The van der Waals surface area contributed by atoms with Gasteiger partial charge in [0.05, 0.1) is 6.10 Å². The largest absolute Gasteiger partial charge is 0.381 e. The van der Waals surface area contributed by atoms with Gasteiger partial charge in [-0.2, -0.15) is 0 Å². The number of hydrogen-bond acceptors (Lipinski definition) is 4. The van der Waals surface area contributed by atoms with Crippen LogP contribution in [0.25, 0.3) is 0 Å². The lowest BCUT2D eigenvalue weighted by atomic mass is 9.93. The van der Waals surface area contributed by atoms with Gasteiger partial charge in [-0.25, -0.2) is 0 Å². The van der Waals surface area contributed by atoms with E-state index in [1.807, 2.05) is 19.5 Å². The molecule has 1 aliphatic rings. The molecule has 0 spiro atoms. The van der Waals surface area contributed by atoms with Crippen molar-refractivity contribution in [3.63, 3.8) is 0 Å². The van der Waals surface area contributed by atoms with Gasteiger partial charge in [-0.1, -0.05) is 0 Å². The first kappa shape index (κ1) is 15.4. The van der Waals surface area contributed by atoms with E-state index in [-0.39, 0.29) is 0 Å². The lowest BCUT2D eigenvalue weighted by molar-refractivity contribution is -0.0122. The molecule has 0 bridgehead atoms. The molecule has 1 aromatic rings. The van der Waals surface area contributed by atoms with Crippen molar-refractivity contribution < 1.29 is 9.47 Å². The van der Waals surface area contributed by atoms with E-state index >= 15 is 0 Å². The first-order chi connectivity index (χ1) is 9.81. The van der Waals surface area contributed by atoms with Gasteiger partial charge in [-0.3, -0.25) is 4.98 Å². The van der Waals surface area contributed by atoms with Crippen molar-refractivity contribution >= 4 is 0 Å². The molecule has 1 atom stereocenters. The van der Waals surface area contributed by atoms with Crippen LogP contribution in [-0.4, -0.2) is 44.5 Å². The van der Waals surface area contributed by atoms with Crippen LogP contribution >= 0.6 is 0 Å². The zero-order chi connectivity index (χ0) is 14.2. The molecule has 0 saturated carbocycles. The van der Waals surface area contributed by atoms with E-state index in [4.69, 9.17) is 9.47 Å². The summed E-state index contributed by atoms with van der Waals surface area (Å²) in [6, 6.07) is 2.10. The maximum Gasteiger partial charge on any atom is 0.0725 e. The topological polar surface area (TPSA) is 43.4 Å². The van der Waals surface area contributed by atoms with Crippen LogP contribution in [0.2, 0.25) is 0 Å². The molecule has 1 aromatic heterocycles. The third-order valence-corrected chi connectivity index (χ3v) is 4.15. The maximum absolute atomic E-state index is 5.64. The highest BCUT2D eigenvalue weighted by Gasteiger charge is 2.23. The Hall–Kier alpha value is -0.970. The van der Waals surface area contributed by atoms with Crippen LogP contribution in [0, 0.1) is 12.8 Å². The number of nitrogens with one attached hydrogen (secondary N) is 1. The summed E-state index contributed by atoms with van der Waals surface area (Å²) in [6.07, 6.45) is 7.36. The van der Waals surface area contributed by atoms with Gasteiger partial charge in [0.2, 0.25) is 0 Å². The maximum atomic E-state index is 5.64. The Kier molecular flexibility index (Phi) is 6.43. The quantitative estimate of drug-likeness (QED) is 0.774. The Balaban J connectivity index is 1.70. The monoisotopic (exact) mass is 278 g/mol. The number of ether oxygens (including phenoxy) is 2. The predicted molar refractivity (Wildman–Crippen MR) is 79.9 cm³/mol. The highest BCUT2D eigenvalue weighted by molar-refractivity contribution is 5.21. The molecule has 112 valence electrons. The second-order valence-electron chi connectivity index (χ2n) is 5.48. The zero-order valence-electron chi connectivity index (χ0n) is 12.6. The molecule has 1 saturated heterocycles. The Morgan fingerprint density at radius 1 is 1.45 bits per heavy atom. The third-order valence-electron chi connectivity index (χ3n) is 4.15. The minimum absolute atomic E-state index is 0.303. The standard InChI is InChI=1S/C16H26N2O2/c1-13-11-17-7-3-14(13)4-8-18-12-16(19-2)15-5-9-20-10-6-15/h3,7,11,15-16,18H,4-6,8-10,12H2,1-2H3. The average molecular weight is 278 g/mol. The van der Waals surface area contributed by atoms with Crippen molar-refractivity contribution in [2.45, 2.75) is 32.3 Å². The molecular weight excluding hydrogens is 252 g/mol. The van der Waals surface area contributed by atoms with Crippen molar-refractivity contribution in [1.29, 1.82) is 0 Å². The van der Waals surface area contributed by atoms with E-state index in [0.29, 0.717) is 12.0 Å². The highest BCUT2D eigenvalue weighted by atomic mass is 16.5. The highest BCUT2D eigenvalue weighted by Crippen LogP contribution is 2.20. The van der Waals surface area contributed by atoms with Gasteiger partial charge in [0.1, 0.15) is 0 Å². The van der Waals surface area contributed by atoms with Crippen LogP contribution in [0.15, 0.2) is 18.5 Å². The molecule has 0 amide bonds. The fraction of sp³-hybridized carbons (Fsp3) is 0.688. The minimum atomic E-state index is 0.303.